The van der Waals surface area contributed by atoms with E-state index in [-0.39, 0.29) is 11.3 Å². The number of carbonyl (C=O) groups excluding carboxylic acids is 1. The number of nitrogens with two attached hydrogens (primary N) is 1. The Balaban J connectivity index is 4.41. The van der Waals surface area contributed by atoms with Gasteiger partial charge in [0.2, 0.25) is 5.91 Å². The summed E-state index contributed by atoms with van der Waals surface area (Å²) in [4.78, 5) is 14.0. The molecule has 90 valence electrons. The van der Waals surface area contributed by atoms with Crippen LogP contribution in [0.15, 0.2) is 0 Å². The third-order valence-corrected chi connectivity index (χ3v) is 2.15. The van der Waals surface area contributed by atoms with Crippen molar-refractivity contribution in [2.24, 2.45) is 17.1 Å². The van der Waals surface area contributed by atoms with Crippen LogP contribution in [0.2, 0.25) is 0 Å². The lowest BCUT2D eigenvalue weighted by Gasteiger charge is -2.30. The van der Waals surface area contributed by atoms with E-state index in [4.69, 9.17) is 5.73 Å². The molecule has 0 aliphatic carbocycles. The van der Waals surface area contributed by atoms with Gasteiger partial charge in [0, 0.05) is 18.5 Å². The van der Waals surface area contributed by atoms with Crippen LogP contribution in [-0.2, 0) is 4.79 Å². The molecule has 0 aromatic rings. The van der Waals surface area contributed by atoms with Crippen molar-refractivity contribution >= 4 is 5.91 Å². The molecule has 0 saturated heterocycles. The number of amides is 1. The van der Waals surface area contributed by atoms with Gasteiger partial charge in [0.15, 0.2) is 0 Å². The van der Waals surface area contributed by atoms with Gasteiger partial charge in [-0.1, -0.05) is 34.6 Å². The summed E-state index contributed by atoms with van der Waals surface area (Å²) in [6, 6.07) is 0. The van der Waals surface area contributed by atoms with Gasteiger partial charge < -0.3 is 10.6 Å². The Morgan fingerprint density at radius 1 is 1.33 bits per heavy atom. The molecule has 3 nitrogen and oxygen atoms in total. The molecule has 0 radical (unpaired) electrons. The van der Waals surface area contributed by atoms with E-state index >= 15 is 0 Å². The average molecular weight is 214 g/mol. The highest BCUT2D eigenvalue weighted by atomic mass is 16.2. The van der Waals surface area contributed by atoms with Gasteiger partial charge in [-0.15, -0.1) is 0 Å². The van der Waals surface area contributed by atoms with Crippen molar-refractivity contribution in [1.82, 2.24) is 4.90 Å². The minimum Gasteiger partial charge on any atom is -0.342 e. The van der Waals surface area contributed by atoms with E-state index < -0.39 is 0 Å². The molecule has 15 heavy (non-hydrogen) atoms. The van der Waals surface area contributed by atoms with Crippen molar-refractivity contribution in [3.8, 4) is 0 Å². The van der Waals surface area contributed by atoms with Crippen molar-refractivity contribution in [2.75, 3.05) is 19.6 Å². The fourth-order valence-electron chi connectivity index (χ4n) is 1.47. The van der Waals surface area contributed by atoms with Crippen LogP contribution >= 0.6 is 0 Å². The molecule has 0 atom stereocenters. The van der Waals surface area contributed by atoms with Gasteiger partial charge >= 0.3 is 0 Å². The maximum Gasteiger partial charge on any atom is 0.227 e. The van der Waals surface area contributed by atoms with E-state index in [1.165, 1.54) is 0 Å². The summed E-state index contributed by atoms with van der Waals surface area (Å²) in [5, 5.41) is 0. The Morgan fingerprint density at radius 2 is 1.87 bits per heavy atom. The van der Waals surface area contributed by atoms with Crippen molar-refractivity contribution in [2.45, 2.75) is 41.0 Å². The minimum atomic E-state index is -0.288. The van der Waals surface area contributed by atoms with E-state index in [0.29, 0.717) is 12.5 Å². The second-order valence-corrected chi connectivity index (χ2v) is 5.54. The largest absolute Gasteiger partial charge is 0.342 e. The van der Waals surface area contributed by atoms with Crippen LogP contribution in [0.4, 0.5) is 0 Å². The fourth-order valence-corrected chi connectivity index (χ4v) is 1.47. The number of rotatable bonds is 5. The van der Waals surface area contributed by atoms with Crippen molar-refractivity contribution in [1.29, 1.82) is 0 Å². The molecule has 3 heteroatoms. The third-order valence-electron chi connectivity index (χ3n) is 2.15. The van der Waals surface area contributed by atoms with Gasteiger partial charge in [-0.05, 0) is 18.9 Å². The summed E-state index contributed by atoms with van der Waals surface area (Å²) in [6.45, 7) is 12.4. The van der Waals surface area contributed by atoms with E-state index in [2.05, 4.69) is 13.8 Å². The van der Waals surface area contributed by atoms with Crippen LogP contribution in [0.5, 0.6) is 0 Å². The molecule has 2 N–H and O–H groups in total. The third kappa shape index (κ3) is 5.78. The molecule has 0 aromatic carbocycles. The molecule has 1 amide bonds. The smallest absolute Gasteiger partial charge is 0.227 e. The molecule has 0 bridgehead atoms. The monoisotopic (exact) mass is 214 g/mol. The summed E-state index contributed by atoms with van der Waals surface area (Å²) in [5.74, 6) is 0.735. The molecule has 0 unspecified atom stereocenters. The SMILES string of the molecule is CC(C)CN(CCCN)C(=O)C(C)(C)C. The van der Waals surface area contributed by atoms with Crippen LogP contribution in [0.3, 0.4) is 0 Å². The highest BCUT2D eigenvalue weighted by Crippen LogP contribution is 2.18. The lowest BCUT2D eigenvalue weighted by molar-refractivity contribution is -0.140. The fraction of sp³-hybridized carbons (Fsp3) is 0.917. The second kappa shape index (κ2) is 6.11. The van der Waals surface area contributed by atoms with E-state index in [1.54, 1.807) is 0 Å². The molecular formula is C12H26N2O. The van der Waals surface area contributed by atoms with Gasteiger partial charge in [-0.2, -0.15) is 0 Å². The highest BCUT2D eigenvalue weighted by Gasteiger charge is 2.26. The molecule has 0 aliphatic rings. The standard InChI is InChI=1S/C12H26N2O/c1-10(2)9-14(8-6-7-13)11(15)12(3,4)5/h10H,6-9,13H2,1-5H3. The van der Waals surface area contributed by atoms with E-state index in [9.17, 15) is 4.79 Å². The first-order chi connectivity index (χ1) is 6.79. The lowest BCUT2D eigenvalue weighted by atomic mass is 9.94. The van der Waals surface area contributed by atoms with Crippen LogP contribution < -0.4 is 5.73 Å². The molecule has 0 fully saturated rings. The highest BCUT2D eigenvalue weighted by molar-refractivity contribution is 5.81. The normalized spacial score (nSPS) is 11.9. The van der Waals surface area contributed by atoms with Crippen molar-refractivity contribution < 1.29 is 4.79 Å². The molecule has 0 rings (SSSR count). The van der Waals surface area contributed by atoms with Crippen LogP contribution in [0.25, 0.3) is 0 Å². The number of carbonyl (C=O) groups is 1. The average Bonchev–Trinajstić information content (AvgIpc) is 2.09. The molecule has 0 aliphatic heterocycles. The minimum absolute atomic E-state index is 0.227. The quantitative estimate of drug-likeness (QED) is 0.759. The predicted molar refractivity (Wildman–Crippen MR) is 64.5 cm³/mol. The summed E-state index contributed by atoms with van der Waals surface area (Å²) >= 11 is 0. The second-order valence-electron chi connectivity index (χ2n) is 5.54. The predicted octanol–water partition coefficient (Wildman–Crippen LogP) is 1.87. The van der Waals surface area contributed by atoms with Crippen LogP contribution in [-0.4, -0.2) is 30.4 Å². The van der Waals surface area contributed by atoms with Crippen LogP contribution in [0, 0.1) is 11.3 Å². The van der Waals surface area contributed by atoms with Crippen molar-refractivity contribution in [3.05, 3.63) is 0 Å². The zero-order valence-corrected chi connectivity index (χ0v) is 10.8. The maximum absolute atomic E-state index is 12.1. The Morgan fingerprint density at radius 3 is 2.20 bits per heavy atom. The van der Waals surface area contributed by atoms with E-state index in [1.807, 2.05) is 25.7 Å². The van der Waals surface area contributed by atoms with Gasteiger partial charge in [-0.3, -0.25) is 4.79 Å². The maximum atomic E-state index is 12.1. The Hall–Kier alpha value is -0.570. The van der Waals surface area contributed by atoms with Crippen molar-refractivity contribution in [3.63, 3.8) is 0 Å². The summed E-state index contributed by atoms with van der Waals surface area (Å²) in [6.07, 6.45) is 0.883. The van der Waals surface area contributed by atoms with Gasteiger partial charge in [0.05, 0.1) is 0 Å². The van der Waals surface area contributed by atoms with E-state index in [0.717, 1.165) is 19.5 Å². The topological polar surface area (TPSA) is 46.3 Å². The Kier molecular flexibility index (Phi) is 5.88. The van der Waals surface area contributed by atoms with Crippen LogP contribution in [0.1, 0.15) is 41.0 Å². The zero-order chi connectivity index (χ0) is 12.1. The van der Waals surface area contributed by atoms with Gasteiger partial charge in [0.25, 0.3) is 0 Å². The summed E-state index contributed by atoms with van der Waals surface area (Å²) in [7, 11) is 0. The number of hydrogen-bond donors (Lipinski definition) is 1. The Labute approximate surface area is 94.0 Å². The number of nitrogens with zero attached hydrogens (tertiary/aromatic N) is 1. The first-order valence-corrected chi connectivity index (χ1v) is 5.78. The molecule has 0 saturated carbocycles. The lowest BCUT2D eigenvalue weighted by Crippen LogP contribution is -2.42. The number of hydrogen-bond acceptors (Lipinski definition) is 2. The molecular weight excluding hydrogens is 188 g/mol. The summed E-state index contributed by atoms with van der Waals surface area (Å²) in [5.41, 5.74) is 5.19. The molecule has 0 spiro atoms. The first kappa shape index (κ1) is 14.4. The zero-order valence-electron chi connectivity index (χ0n) is 10.8. The summed E-state index contributed by atoms with van der Waals surface area (Å²) < 4.78 is 0. The molecule has 0 aromatic heterocycles. The van der Waals surface area contributed by atoms with Gasteiger partial charge in [-0.25, -0.2) is 0 Å². The van der Waals surface area contributed by atoms with Gasteiger partial charge in [0.1, 0.15) is 0 Å². The Bertz CT molecular complexity index is 194. The first-order valence-electron chi connectivity index (χ1n) is 5.78. The molecule has 0 heterocycles.